The van der Waals surface area contributed by atoms with Crippen molar-refractivity contribution >= 4 is 0 Å². The minimum atomic E-state index is -0.386. The average Bonchev–Trinajstić information content (AvgIpc) is 2.32. The summed E-state index contributed by atoms with van der Waals surface area (Å²) >= 11 is 0. The lowest BCUT2D eigenvalue weighted by Crippen LogP contribution is -2.56. The van der Waals surface area contributed by atoms with Gasteiger partial charge >= 0.3 is 0 Å². The largest absolute Gasteiger partial charge is 0.493 e. The maximum Gasteiger partial charge on any atom is 0.124 e. The minimum absolute atomic E-state index is 0.0900. The molecule has 0 saturated heterocycles. The predicted molar refractivity (Wildman–Crippen MR) is 68.1 cm³/mol. The van der Waals surface area contributed by atoms with E-state index in [4.69, 9.17) is 4.74 Å². The van der Waals surface area contributed by atoms with Crippen molar-refractivity contribution in [1.29, 1.82) is 0 Å². The van der Waals surface area contributed by atoms with Gasteiger partial charge in [0.1, 0.15) is 5.75 Å². The van der Waals surface area contributed by atoms with Crippen molar-refractivity contribution in [2.45, 2.75) is 32.4 Å². The maximum atomic E-state index is 9.89. The summed E-state index contributed by atoms with van der Waals surface area (Å²) in [4.78, 5) is 0. The summed E-state index contributed by atoms with van der Waals surface area (Å²) in [5.74, 6) is 1.12. The molecule has 2 atom stereocenters. The second-order valence-electron chi connectivity index (χ2n) is 5.14. The second-order valence-corrected chi connectivity index (χ2v) is 5.14. The number of nitrogens with one attached hydrogen (secondary N) is 1. The molecule has 0 saturated carbocycles. The van der Waals surface area contributed by atoms with Crippen molar-refractivity contribution < 1.29 is 9.84 Å². The molecule has 0 radical (unpaired) electrons. The molecule has 1 aromatic rings. The predicted octanol–water partition coefficient (Wildman–Crippen LogP) is 1.90. The highest BCUT2D eigenvalue weighted by Gasteiger charge is 2.43. The Morgan fingerprint density at radius 3 is 2.82 bits per heavy atom. The standard InChI is InChI=1S/C14H21NO2/c1-10(2)15-14(9-16)11(3)8-17-13-7-5-4-6-12(13)14/h4-7,10-11,15-16H,8-9H2,1-3H3. The van der Waals surface area contributed by atoms with E-state index in [1.165, 1.54) is 0 Å². The van der Waals surface area contributed by atoms with Crippen molar-refractivity contribution in [3.63, 3.8) is 0 Å². The lowest BCUT2D eigenvalue weighted by molar-refractivity contribution is 0.0495. The third-order valence-electron chi connectivity index (χ3n) is 3.49. The first-order valence-corrected chi connectivity index (χ1v) is 6.21. The Labute approximate surface area is 103 Å². The number of aliphatic hydroxyl groups excluding tert-OH is 1. The number of ether oxygens (including phenoxy) is 1. The lowest BCUT2D eigenvalue weighted by atomic mass is 9.77. The molecule has 94 valence electrons. The molecular formula is C14H21NO2. The molecule has 3 nitrogen and oxygen atoms in total. The Kier molecular flexibility index (Phi) is 3.40. The summed E-state index contributed by atoms with van der Waals surface area (Å²) in [6.07, 6.45) is 0. The molecule has 0 spiro atoms. The van der Waals surface area contributed by atoms with Crippen LogP contribution >= 0.6 is 0 Å². The second kappa shape index (κ2) is 4.67. The average molecular weight is 235 g/mol. The van der Waals surface area contributed by atoms with Crippen LogP contribution in [0.5, 0.6) is 5.75 Å². The fraction of sp³-hybridized carbons (Fsp3) is 0.571. The zero-order valence-corrected chi connectivity index (χ0v) is 10.7. The fourth-order valence-electron chi connectivity index (χ4n) is 2.61. The molecule has 1 aliphatic rings. The van der Waals surface area contributed by atoms with E-state index in [-0.39, 0.29) is 18.1 Å². The lowest BCUT2D eigenvalue weighted by Gasteiger charge is -2.44. The summed E-state index contributed by atoms with van der Waals surface area (Å²) in [6, 6.07) is 8.28. The fourth-order valence-corrected chi connectivity index (χ4v) is 2.61. The Hall–Kier alpha value is -1.06. The van der Waals surface area contributed by atoms with E-state index in [0.29, 0.717) is 12.6 Å². The first-order valence-electron chi connectivity index (χ1n) is 6.21. The molecule has 17 heavy (non-hydrogen) atoms. The van der Waals surface area contributed by atoms with Gasteiger partial charge in [0.05, 0.1) is 18.8 Å². The highest BCUT2D eigenvalue weighted by molar-refractivity contribution is 5.41. The first-order chi connectivity index (χ1) is 8.10. The van der Waals surface area contributed by atoms with Crippen LogP contribution in [0.25, 0.3) is 0 Å². The molecule has 0 amide bonds. The number of benzene rings is 1. The molecule has 2 N–H and O–H groups in total. The molecular weight excluding hydrogens is 214 g/mol. The van der Waals surface area contributed by atoms with Crippen LogP contribution in [0.1, 0.15) is 26.3 Å². The van der Waals surface area contributed by atoms with E-state index < -0.39 is 0 Å². The van der Waals surface area contributed by atoms with Crippen LogP contribution in [0.2, 0.25) is 0 Å². The van der Waals surface area contributed by atoms with Crippen molar-refractivity contribution in [1.82, 2.24) is 5.32 Å². The number of aliphatic hydroxyl groups is 1. The van der Waals surface area contributed by atoms with E-state index in [1.807, 2.05) is 24.3 Å². The SMILES string of the molecule is CC(C)NC1(CO)c2ccccc2OCC1C. The van der Waals surface area contributed by atoms with Crippen LogP contribution < -0.4 is 10.1 Å². The minimum Gasteiger partial charge on any atom is -0.493 e. The number of para-hydroxylation sites is 1. The smallest absolute Gasteiger partial charge is 0.124 e. The monoisotopic (exact) mass is 235 g/mol. The Bertz CT molecular complexity index is 392. The molecule has 0 aromatic heterocycles. The third kappa shape index (κ3) is 2.05. The van der Waals surface area contributed by atoms with Gasteiger partial charge in [0.2, 0.25) is 0 Å². The van der Waals surface area contributed by atoms with Gasteiger partial charge in [-0.15, -0.1) is 0 Å². The maximum absolute atomic E-state index is 9.89. The van der Waals surface area contributed by atoms with Gasteiger partial charge in [-0.05, 0) is 19.9 Å². The van der Waals surface area contributed by atoms with Gasteiger partial charge in [-0.3, -0.25) is 0 Å². The van der Waals surface area contributed by atoms with Gasteiger partial charge in [-0.25, -0.2) is 0 Å². The molecule has 0 aliphatic carbocycles. The molecule has 0 fully saturated rings. The van der Waals surface area contributed by atoms with Crippen LogP contribution in [0.3, 0.4) is 0 Å². The van der Waals surface area contributed by atoms with E-state index in [0.717, 1.165) is 11.3 Å². The van der Waals surface area contributed by atoms with E-state index >= 15 is 0 Å². The molecule has 2 rings (SSSR count). The zero-order chi connectivity index (χ0) is 12.5. The van der Waals surface area contributed by atoms with Crippen molar-refractivity contribution in [2.24, 2.45) is 5.92 Å². The number of hydrogen-bond acceptors (Lipinski definition) is 3. The summed E-state index contributed by atoms with van der Waals surface area (Å²) in [5.41, 5.74) is 0.679. The zero-order valence-electron chi connectivity index (χ0n) is 10.7. The number of rotatable bonds is 3. The van der Waals surface area contributed by atoms with Crippen molar-refractivity contribution in [3.05, 3.63) is 29.8 Å². The summed E-state index contributed by atoms with van der Waals surface area (Å²) < 4.78 is 5.72. The number of fused-ring (bicyclic) bond motifs is 1. The van der Waals surface area contributed by atoms with Crippen LogP contribution in [0, 0.1) is 5.92 Å². The summed E-state index contributed by atoms with van der Waals surface area (Å²) in [6.45, 7) is 7.04. The van der Waals surface area contributed by atoms with E-state index in [9.17, 15) is 5.11 Å². The Balaban J connectivity index is 2.48. The van der Waals surface area contributed by atoms with Gasteiger partial charge in [0.25, 0.3) is 0 Å². The molecule has 3 heteroatoms. The molecule has 2 unspecified atom stereocenters. The molecule has 1 heterocycles. The molecule has 1 aliphatic heterocycles. The molecule has 0 bridgehead atoms. The van der Waals surface area contributed by atoms with Crippen molar-refractivity contribution in [3.8, 4) is 5.75 Å². The van der Waals surface area contributed by atoms with E-state index in [1.54, 1.807) is 0 Å². The summed E-state index contributed by atoms with van der Waals surface area (Å²) in [7, 11) is 0. The third-order valence-corrected chi connectivity index (χ3v) is 3.49. The van der Waals surface area contributed by atoms with Crippen LogP contribution in [0.15, 0.2) is 24.3 Å². The van der Waals surface area contributed by atoms with Gasteiger partial charge < -0.3 is 15.2 Å². The molecule has 1 aromatic carbocycles. The van der Waals surface area contributed by atoms with Crippen LogP contribution in [0.4, 0.5) is 0 Å². The first kappa shape index (κ1) is 12.4. The van der Waals surface area contributed by atoms with Crippen LogP contribution in [-0.4, -0.2) is 24.4 Å². The quantitative estimate of drug-likeness (QED) is 0.841. The highest BCUT2D eigenvalue weighted by Crippen LogP contribution is 2.40. The highest BCUT2D eigenvalue weighted by atomic mass is 16.5. The number of hydrogen-bond donors (Lipinski definition) is 2. The van der Waals surface area contributed by atoms with Gasteiger partial charge in [-0.2, -0.15) is 0 Å². The Morgan fingerprint density at radius 2 is 2.18 bits per heavy atom. The van der Waals surface area contributed by atoms with Crippen LogP contribution in [-0.2, 0) is 5.54 Å². The van der Waals surface area contributed by atoms with Gasteiger partial charge in [0, 0.05) is 17.5 Å². The van der Waals surface area contributed by atoms with Gasteiger partial charge in [-0.1, -0.05) is 25.1 Å². The van der Waals surface area contributed by atoms with Gasteiger partial charge in [0.15, 0.2) is 0 Å². The summed E-state index contributed by atoms with van der Waals surface area (Å²) in [5, 5.41) is 13.4. The normalized spacial score (nSPS) is 27.7. The van der Waals surface area contributed by atoms with E-state index in [2.05, 4.69) is 26.1 Å². The Morgan fingerprint density at radius 1 is 1.47 bits per heavy atom. The van der Waals surface area contributed by atoms with Crippen molar-refractivity contribution in [2.75, 3.05) is 13.2 Å². The topological polar surface area (TPSA) is 41.5 Å².